The lowest BCUT2D eigenvalue weighted by Crippen LogP contribution is -2.17. The molecule has 3 aromatic heterocycles. The Hall–Kier alpha value is -7.63. The van der Waals surface area contributed by atoms with Gasteiger partial charge in [0.25, 0.3) is 0 Å². The van der Waals surface area contributed by atoms with Crippen LogP contribution in [-0.4, -0.2) is 9.55 Å². The van der Waals surface area contributed by atoms with E-state index < -0.39 is 0 Å². The smallest absolute Gasteiger partial charge is 0.140 e. The van der Waals surface area contributed by atoms with E-state index in [1.165, 1.54) is 16.5 Å². The van der Waals surface area contributed by atoms with Gasteiger partial charge in [-0.15, -0.1) is 0 Å². The summed E-state index contributed by atoms with van der Waals surface area (Å²) in [5.41, 5.74) is 15.1. The number of fused-ring (bicyclic) bond motifs is 12. The molecule has 0 saturated carbocycles. The van der Waals surface area contributed by atoms with Gasteiger partial charge in [0.2, 0.25) is 0 Å². The van der Waals surface area contributed by atoms with Crippen LogP contribution in [0.25, 0.3) is 73.1 Å². The molecular weight excluding hydrogens is 685 g/mol. The van der Waals surface area contributed by atoms with Crippen LogP contribution in [0.3, 0.4) is 0 Å². The number of para-hydroxylation sites is 6. The maximum atomic E-state index is 6.46. The zero-order chi connectivity index (χ0) is 36.7. The van der Waals surface area contributed by atoms with Gasteiger partial charge in [0.05, 0.1) is 34.0 Å². The monoisotopic (exact) mass is 716 g/mol. The maximum Gasteiger partial charge on any atom is 0.140 e. The third-order valence-electron chi connectivity index (χ3n) is 11.3. The van der Waals surface area contributed by atoms with E-state index in [4.69, 9.17) is 9.40 Å². The van der Waals surface area contributed by atoms with E-state index in [9.17, 15) is 0 Å². The fourth-order valence-electron chi connectivity index (χ4n) is 8.89. The molecule has 0 radical (unpaired) electrons. The van der Waals surface area contributed by atoms with E-state index in [0.717, 1.165) is 90.0 Å². The topological polar surface area (TPSA) is 37.4 Å². The van der Waals surface area contributed by atoms with Gasteiger partial charge in [-0.3, -0.25) is 9.80 Å². The highest BCUT2D eigenvalue weighted by atomic mass is 16.3. The summed E-state index contributed by atoms with van der Waals surface area (Å²) >= 11 is 0. The molecule has 5 heterocycles. The van der Waals surface area contributed by atoms with Gasteiger partial charge in [-0.25, -0.2) is 4.98 Å². The molecule has 0 bridgehead atoms. The Morgan fingerprint density at radius 2 is 1.04 bits per heavy atom. The minimum Gasteiger partial charge on any atom is -0.456 e. The van der Waals surface area contributed by atoms with Crippen LogP contribution in [0.5, 0.6) is 0 Å². The standard InChI is InChI=1S/C51H32N4O/c1-2-16-35(17-3-1)53-42-23-10-5-19-37(42)50-38-20-6-11-24-43(38)55(44-25-12-7-21-39(44)51(50)53)49-28-14-27-48(52-49)54-41-22-9-4-15-33(41)29-30-34-31-40-36-18-8-13-26-46(36)56-47(40)32-45(34)54/h1-32H. The number of benzene rings is 7. The minimum atomic E-state index is 0.811. The lowest BCUT2D eigenvalue weighted by Gasteiger charge is -2.29. The van der Waals surface area contributed by atoms with E-state index in [1.807, 2.05) is 12.1 Å². The second-order valence-electron chi connectivity index (χ2n) is 14.4. The van der Waals surface area contributed by atoms with Crippen molar-refractivity contribution in [3.63, 3.8) is 0 Å². The molecule has 2 aliphatic rings. The second-order valence-corrected chi connectivity index (χ2v) is 14.4. The molecule has 10 aromatic rings. The molecular formula is C51H32N4O. The summed E-state index contributed by atoms with van der Waals surface area (Å²) in [4.78, 5) is 10.2. The Kier molecular flexibility index (Phi) is 6.56. The fourth-order valence-corrected chi connectivity index (χ4v) is 8.89. The summed E-state index contributed by atoms with van der Waals surface area (Å²) in [7, 11) is 0. The van der Waals surface area contributed by atoms with Crippen molar-refractivity contribution in [2.45, 2.75) is 0 Å². The molecule has 0 saturated heterocycles. The van der Waals surface area contributed by atoms with Gasteiger partial charge < -0.3 is 8.98 Å². The number of hydrogen-bond donors (Lipinski definition) is 0. The summed E-state index contributed by atoms with van der Waals surface area (Å²) in [6, 6.07) is 64.5. The lowest BCUT2D eigenvalue weighted by atomic mass is 9.98. The van der Waals surface area contributed by atoms with Crippen LogP contribution >= 0.6 is 0 Å². The van der Waals surface area contributed by atoms with Crippen molar-refractivity contribution in [3.8, 4) is 28.1 Å². The first kappa shape index (κ1) is 30.8. The Morgan fingerprint density at radius 3 is 1.88 bits per heavy atom. The summed E-state index contributed by atoms with van der Waals surface area (Å²) in [6.07, 6.45) is 4.42. The van der Waals surface area contributed by atoms with Gasteiger partial charge in [0.15, 0.2) is 0 Å². The molecule has 0 spiro atoms. The molecule has 0 fully saturated rings. The molecule has 0 atom stereocenters. The zero-order valence-corrected chi connectivity index (χ0v) is 30.2. The third kappa shape index (κ3) is 4.46. The van der Waals surface area contributed by atoms with E-state index in [1.54, 1.807) is 0 Å². The van der Waals surface area contributed by atoms with Crippen molar-refractivity contribution in [3.05, 3.63) is 193 Å². The van der Waals surface area contributed by atoms with Crippen molar-refractivity contribution in [2.24, 2.45) is 0 Å². The minimum absolute atomic E-state index is 0.811. The molecule has 262 valence electrons. The zero-order valence-electron chi connectivity index (χ0n) is 30.2. The van der Waals surface area contributed by atoms with Gasteiger partial charge >= 0.3 is 0 Å². The number of furan rings is 1. The van der Waals surface area contributed by atoms with Crippen LogP contribution in [0, 0.1) is 0 Å². The van der Waals surface area contributed by atoms with E-state index in [2.05, 4.69) is 196 Å². The molecule has 56 heavy (non-hydrogen) atoms. The highest BCUT2D eigenvalue weighted by Crippen LogP contribution is 2.54. The highest BCUT2D eigenvalue weighted by molar-refractivity contribution is 6.13. The summed E-state index contributed by atoms with van der Waals surface area (Å²) < 4.78 is 8.88. The predicted molar refractivity (Wildman–Crippen MR) is 231 cm³/mol. The summed E-state index contributed by atoms with van der Waals surface area (Å²) in [5.74, 6) is 1.63. The average molecular weight is 717 g/mol. The van der Waals surface area contributed by atoms with Crippen LogP contribution < -0.4 is 9.80 Å². The van der Waals surface area contributed by atoms with Gasteiger partial charge in [-0.05, 0) is 71.8 Å². The van der Waals surface area contributed by atoms with Crippen LogP contribution in [0.2, 0.25) is 0 Å². The van der Waals surface area contributed by atoms with Gasteiger partial charge in [-0.2, -0.15) is 0 Å². The number of hydrogen-bond acceptors (Lipinski definition) is 4. The lowest BCUT2D eigenvalue weighted by molar-refractivity contribution is 0.669. The largest absolute Gasteiger partial charge is 0.456 e. The highest BCUT2D eigenvalue weighted by Gasteiger charge is 2.32. The van der Waals surface area contributed by atoms with Crippen molar-refractivity contribution < 1.29 is 4.42 Å². The van der Waals surface area contributed by atoms with Gasteiger partial charge in [-0.1, -0.05) is 127 Å². The quantitative estimate of drug-likeness (QED) is 0.182. The van der Waals surface area contributed by atoms with Crippen LogP contribution in [0.15, 0.2) is 186 Å². The molecule has 12 rings (SSSR count). The molecule has 5 nitrogen and oxygen atoms in total. The van der Waals surface area contributed by atoms with Crippen molar-refractivity contribution >= 4 is 79.4 Å². The first-order valence-corrected chi connectivity index (χ1v) is 19.0. The van der Waals surface area contributed by atoms with E-state index >= 15 is 0 Å². The number of nitrogens with zero attached hydrogens (tertiary/aromatic N) is 4. The Morgan fingerprint density at radius 1 is 0.411 bits per heavy atom. The first-order chi connectivity index (χ1) is 27.8. The number of anilines is 6. The van der Waals surface area contributed by atoms with Crippen LogP contribution in [0.4, 0.5) is 34.4 Å². The summed E-state index contributed by atoms with van der Waals surface area (Å²) in [6.45, 7) is 0. The van der Waals surface area contributed by atoms with Gasteiger partial charge in [0.1, 0.15) is 22.8 Å². The SMILES string of the molecule is C1=Cc2cc3c(cc2N(c2cccc(N4c5ccccc5-c5c(n(-c6ccccc6)c6ccccc56)-c5ccccc54)n2)c2ccccc21)oc1ccccc13. The van der Waals surface area contributed by atoms with Crippen molar-refractivity contribution in [1.82, 2.24) is 9.55 Å². The maximum absolute atomic E-state index is 6.46. The Labute approximate surface area is 323 Å². The predicted octanol–water partition coefficient (Wildman–Crippen LogP) is 14.0. The second kappa shape index (κ2) is 11.9. The Bertz CT molecular complexity index is 3230. The number of rotatable bonds is 3. The van der Waals surface area contributed by atoms with Crippen LogP contribution in [-0.2, 0) is 0 Å². The molecule has 5 heteroatoms. The fraction of sp³-hybridized carbons (Fsp3) is 0. The third-order valence-corrected chi connectivity index (χ3v) is 11.3. The molecule has 7 aromatic carbocycles. The summed E-state index contributed by atoms with van der Waals surface area (Å²) in [5, 5.41) is 3.42. The molecule has 0 amide bonds. The number of pyridine rings is 1. The molecule has 0 unspecified atom stereocenters. The molecule has 0 N–H and O–H groups in total. The average Bonchev–Trinajstić information content (AvgIpc) is 3.69. The first-order valence-electron chi connectivity index (χ1n) is 19.0. The van der Waals surface area contributed by atoms with Crippen molar-refractivity contribution in [1.29, 1.82) is 0 Å². The van der Waals surface area contributed by atoms with Crippen LogP contribution in [0.1, 0.15) is 11.1 Å². The van der Waals surface area contributed by atoms with Crippen molar-refractivity contribution in [2.75, 3.05) is 9.80 Å². The van der Waals surface area contributed by atoms with E-state index in [-0.39, 0.29) is 0 Å². The van der Waals surface area contributed by atoms with E-state index in [0.29, 0.717) is 0 Å². The molecule has 0 aliphatic carbocycles. The molecule has 2 aliphatic heterocycles. The Balaban J connectivity index is 1.11. The normalized spacial score (nSPS) is 12.9. The number of aromatic nitrogens is 2. The van der Waals surface area contributed by atoms with Gasteiger partial charge in [0, 0.05) is 44.6 Å².